The third kappa shape index (κ3) is 310. The van der Waals surface area contributed by atoms with E-state index in [0.29, 0.717) is 0 Å². The van der Waals surface area contributed by atoms with Gasteiger partial charge in [-0.2, -0.15) is 0 Å². The molecule has 0 aromatic rings. The van der Waals surface area contributed by atoms with Crippen molar-refractivity contribution in [3.63, 3.8) is 0 Å². The van der Waals surface area contributed by atoms with E-state index in [9.17, 15) is 0 Å². The summed E-state index contributed by atoms with van der Waals surface area (Å²) in [5.41, 5.74) is 0. The SMILES string of the molecule is CC([O])=O.[CH2]CCC.[CH2]CCC.[CH2]CCC.[Sn]. The van der Waals surface area contributed by atoms with Crippen molar-refractivity contribution in [3.8, 4) is 0 Å². The molecule has 0 saturated heterocycles. The first-order valence-corrected chi connectivity index (χ1v) is 6.03. The van der Waals surface area contributed by atoms with E-state index in [1.807, 2.05) is 0 Å². The maximum Gasteiger partial charge on any atom is 0.352 e. The van der Waals surface area contributed by atoms with Gasteiger partial charge in [0.05, 0.1) is 0 Å². The molecule has 0 saturated carbocycles. The summed E-state index contributed by atoms with van der Waals surface area (Å²) in [7, 11) is 0. The van der Waals surface area contributed by atoms with Crippen LogP contribution in [0.15, 0.2) is 0 Å². The molecule has 0 spiro atoms. The van der Waals surface area contributed by atoms with Crippen LogP contribution in [-0.2, 0) is 9.90 Å². The third-order valence-electron chi connectivity index (χ3n) is 1.06. The van der Waals surface area contributed by atoms with Gasteiger partial charge in [0, 0.05) is 30.8 Å². The van der Waals surface area contributed by atoms with Crippen molar-refractivity contribution in [1.82, 2.24) is 0 Å². The zero-order valence-corrected chi connectivity index (χ0v) is 15.0. The molecule has 0 atom stereocenters. The number of hydrogen-bond acceptors (Lipinski definition) is 1. The molecule has 0 rings (SSSR count). The van der Waals surface area contributed by atoms with Crippen LogP contribution in [0.3, 0.4) is 0 Å². The Hall–Kier alpha value is 0.269. The predicted molar refractivity (Wildman–Crippen MR) is 77.9 cm³/mol. The van der Waals surface area contributed by atoms with Gasteiger partial charge < -0.3 is 0 Å². The van der Waals surface area contributed by atoms with E-state index in [2.05, 4.69) is 41.5 Å². The summed E-state index contributed by atoms with van der Waals surface area (Å²) in [5, 5.41) is 8.89. The van der Waals surface area contributed by atoms with Crippen molar-refractivity contribution >= 4 is 29.9 Å². The first-order valence-electron chi connectivity index (χ1n) is 6.03. The van der Waals surface area contributed by atoms with Crippen molar-refractivity contribution in [1.29, 1.82) is 0 Å². The first-order chi connectivity index (χ1) is 7.47. The minimum atomic E-state index is -1.08. The van der Waals surface area contributed by atoms with Crippen LogP contribution < -0.4 is 0 Å². The summed E-state index contributed by atoms with van der Waals surface area (Å²) in [6.07, 6.45) is 6.83. The Bertz CT molecular complexity index is 76.7. The number of hydrogen-bond donors (Lipinski definition) is 0. The van der Waals surface area contributed by atoms with Crippen LogP contribution in [0.4, 0.5) is 0 Å². The van der Waals surface area contributed by atoms with Crippen molar-refractivity contribution in [2.24, 2.45) is 0 Å². The van der Waals surface area contributed by atoms with Crippen LogP contribution in [0.1, 0.15) is 66.2 Å². The standard InChI is InChI=1S/3C4H9.C2H3O2.Sn/c3*1-3-4-2;1-2(3)4;/h3*1,3-4H2,2H3;1H3;. The van der Waals surface area contributed by atoms with Crippen molar-refractivity contribution in [2.45, 2.75) is 66.2 Å². The Morgan fingerprint density at radius 3 is 0.882 bits per heavy atom. The van der Waals surface area contributed by atoms with E-state index >= 15 is 0 Å². The monoisotopic (exact) mass is 350 g/mol. The molecule has 8 radical (unpaired) electrons. The molecule has 0 N–H and O–H groups in total. The van der Waals surface area contributed by atoms with Gasteiger partial charge in [-0.25, -0.2) is 9.90 Å². The Balaban J connectivity index is -0.0000000369. The average molecular weight is 349 g/mol. The summed E-state index contributed by atoms with van der Waals surface area (Å²) in [4.78, 5) is 8.89. The van der Waals surface area contributed by atoms with Crippen molar-refractivity contribution < 1.29 is 9.90 Å². The number of carbonyl (C=O) groups is 1. The summed E-state index contributed by atoms with van der Waals surface area (Å²) < 4.78 is 0. The van der Waals surface area contributed by atoms with Crippen LogP contribution in [0.25, 0.3) is 0 Å². The molecule has 0 fully saturated rings. The van der Waals surface area contributed by atoms with Crippen LogP contribution in [0, 0.1) is 20.8 Å². The number of rotatable bonds is 3. The molecule has 102 valence electrons. The Kier molecular flexibility index (Phi) is 78.9. The quantitative estimate of drug-likeness (QED) is 0.694. The van der Waals surface area contributed by atoms with E-state index in [4.69, 9.17) is 9.90 Å². The van der Waals surface area contributed by atoms with E-state index in [1.54, 1.807) is 0 Å². The molecule has 0 aliphatic heterocycles. The van der Waals surface area contributed by atoms with Gasteiger partial charge in [0.25, 0.3) is 0 Å². The fourth-order valence-electron chi connectivity index (χ4n) is 0. The third-order valence-corrected chi connectivity index (χ3v) is 1.06. The summed E-state index contributed by atoms with van der Waals surface area (Å²) in [5.74, 6) is -1.08. The maximum absolute atomic E-state index is 8.89. The van der Waals surface area contributed by atoms with Gasteiger partial charge in [0.1, 0.15) is 0 Å². The van der Waals surface area contributed by atoms with E-state index < -0.39 is 5.97 Å². The molecule has 0 aromatic heterocycles. The molecule has 0 aromatic carbocycles. The fraction of sp³-hybridized carbons (Fsp3) is 0.714. The molecule has 0 aliphatic rings. The van der Waals surface area contributed by atoms with E-state index in [0.717, 1.165) is 26.2 Å². The van der Waals surface area contributed by atoms with Gasteiger partial charge in [-0.05, 0) is 0 Å². The summed E-state index contributed by atoms with van der Waals surface area (Å²) >= 11 is 0. The molecule has 0 amide bonds. The second-order valence-electron chi connectivity index (χ2n) is 3.05. The Morgan fingerprint density at radius 1 is 0.824 bits per heavy atom. The fourth-order valence-corrected chi connectivity index (χ4v) is 0. The van der Waals surface area contributed by atoms with E-state index in [1.165, 1.54) is 19.3 Å². The molecular weight excluding hydrogens is 319 g/mol. The van der Waals surface area contributed by atoms with E-state index in [-0.39, 0.29) is 23.9 Å². The molecule has 0 heterocycles. The average Bonchev–Trinajstić information content (AvgIpc) is 2.28. The molecule has 3 heteroatoms. The van der Waals surface area contributed by atoms with Crippen LogP contribution >= 0.6 is 0 Å². The van der Waals surface area contributed by atoms with Gasteiger partial charge in [-0.15, -0.1) is 0 Å². The van der Waals surface area contributed by atoms with Crippen molar-refractivity contribution in [3.05, 3.63) is 20.8 Å². The van der Waals surface area contributed by atoms with Gasteiger partial charge in [-0.3, -0.25) is 0 Å². The zero-order valence-electron chi connectivity index (χ0n) is 12.2. The van der Waals surface area contributed by atoms with Gasteiger partial charge in [-0.1, -0.05) is 80.1 Å². The molecule has 0 bridgehead atoms. The van der Waals surface area contributed by atoms with Crippen molar-refractivity contribution in [2.75, 3.05) is 0 Å². The van der Waals surface area contributed by atoms with Crippen LogP contribution in [0.5, 0.6) is 0 Å². The molecule has 17 heavy (non-hydrogen) atoms. The van der Waals surface area contributed by atoms with Gasteiger partial charge in [0.15, 0.2) is 0 Å². The Morgan fingerprint density at radius 2 is 0.882 bits per heavy atom. The second kappa shape index (κ2) is 44.1. The number of carbonyl (C=O) groups excluding carboxylic acids is 1. The predicted octanol–water partition coefficient (Wildman–Crippen LogP) is 4.44. The molecule has 0 unspecified atom stereocenters. The first kappa shape index (κ1) is 30.4. The zero-order chi connectivity index (χ0) is 13.8. The summed E-state index contributed by atoms with van der Waals surface area (Å²) in [6.45, 7) is 18.1. The summed E-state index contributed by atoms with van der Waals surface area (Å²) in [6, 6.07) is 0. The van der Waals surface area contributed by atoms with Gasteiger partial charge >= 0.3 is 5.97 Å². The van der Waals surface area contributed by atoms with Crippen LogP contribution in [-0.4, -0.2) is 29.9 Å². The van der Waals surface area contributed by atoms with Gasteiger partial charge in [0.2, 0.25) is 0 Å². The minimum absolute atomic E-state index is 0. The second-order valence-corrected chi connectivity index (χ2v) is 3.05. The van der Waals surface area contributed by atoms with Crippen LogP contribution in [0.2, 0.25) is 0 Å². The number of unbranched alkanes of at least 4 members (excludes halogenated alkanes) is 3. The molecular formula is C14H30O2Sn. The normalized spacial score (nSPS) is 6.76. The smallest absolute Gasteiger partial charge is 0.248 e. The maximum atomic E-state index is 8.89. The topological polar surface area (TPSA) is 37.0 Å². The largest absolute Gasteiger partial charge is 0.352 e. The minimum Gasteiger partial charge on any atom is -0.248 e. The molecule has 2 nitrogen and oxygen atoms in total. The molecule has 0 aliphatic carbocycles. The Labute approximate surface area is 127 Å².